The summed E-state index contributed by atoms with van der Waals surface area (Å²) in [6.45, 7) is 3.95. The van der Waals surface area contributed by atoms with Crippen molar-refractivity contribution >= 4 is 5.97 Å². The van der Waals surface area contributed by atoms with Crippen molar-refractivity contribution in [1.29, 1.82) is 0 Å². The highest BCUT2D eigenvalue weighted by molar-refractivity contribution is 5.67. The van der Waals surface area contributed by atoms with Gasteiger partial charge in [0.2, 0.25) is 0 Å². The number of aryl methyl sites for hydroxylation is 1. The van der Waals surface area contributed by atoms with Gasteiger partial charge >= 0.3 is 5.97 Å². The molecule has 0 atom stereocenters. The van der Waals surface area contributed by atoms with E-state index in [0.717, 1.165) is 11.1 Å². The maximum atomic E-state index is 10.6. The van der Waals surface area contributed by atoms with E-state index in [0.29, 0.717) is 6.42 Å². The van der Waals surface area contributed by atoms with Gasteiger partial charge in [-0.05, 0) is 17.5 Å². The maximum Gasteiger partial charge on any atom is 0.303 e. The molecule has 0 amide bonds. The number of benzene rings is 1. The van der Waals surface area contributed by atoms with Gasteiger partial charge in [-0.15, -0.1) is 0 Å². The Morgan fingerprint density at radius 2 is 1.94 bits per heavy atom. The molecular formula is C13H18O3. The Morgan fingerprint density at radius 1 is 1.31 bits per heavy atom. The van der Waals surface area contributed by atoms with E-state index in [-0.39, 0.29) is 18.4 Å². The number of hydrogen-bond acceptors (Lipinski definition) is 2. The van der Waals surface area contributed by atoms with Crippen LogP contribution in [0, 0.1) is 0 Å². The number of rotatable bonds is 5. The van der Waals surface area contributed by atoms with Crippen molar-refractivity contribution in [3.63, 3.8) is 0 Å². The van der Waals surface area contributed by atoms with Gasteiger partial charge in [-0.3, -0.25) is 4.79 Å². The van der Waals surface area contributed by atoms with Crippen molar-refractivity contribution in [3.8, 4) is 0 Å². The molecule has 1 aromatic carbocycles. The van der Waals surface area contributed by atoms with Crippen molar-refractivity contribution in [2.75, 3.05) is 6.61 Å². The number of carbonyl (C=O) groups is 1. The van der Waals surface area contributed by atoms with E-state index >= 15 is 0 Å². The summed E-state index contributed by atoms with van der Waals surface area (Å²) in [6.07, 6.45) is 0.632. The third kappa shape index (κ3) is 3.07. The topological polar surface area (TPSA) is 57.5 Å². The highest BCUT2D eigenvalue weighted by atomic mass is 16.4. The van der Waals surface area contributed by atoms with Crippen LogP contribution in [0.3, 0.4) is 0 Å². The average Bonchev–Trinajstić information content (AvgIpc) is 2.26. The number of aliphatic carboxylic acids is 1. The predicted molar refractivity (Wildman–Crippen MR) is 62.5 cm³/mol. The second-order valence-electron chi connectivity index (χ2n) is 4.59. The molecule has 0 aromatic heterocycles. The maximum absolute atomic E-state index is 10.6. The zero-order chi connectivity index (χ0) is 12.2. The molecule has 16 heavy (non-hydrogen) atoms. The Kier molecular flexibility index (Phi) is 4.07. The van der Waals surface area contributed by atoms with E-state index in [2.05, 4.69) is 0 Å². The first-order chi connectivity index (χ1) is 7.47. The van der Waals surface area contributed by atoms with E-state index in [1.165, 1.54) is 0 Å². The molecule has 0 aliphatic heterocycles. The SMILES string of the molecule is CC(C)(CO)c1ccccc1CCC(=O)O. The van der Waals surface area contributed by atoms with Gasteiger partial charge in [0.15, 0.2) is 0 Å². The molecule has 1 rings (SSSR count). The first-order valence-electron chi connectivity index (χ1n) is 5.38. The molecule has 0 saturated carbocycles. The molecule has 0 heterocycles. The van der Waals surface area contributed by atoms with Crippen LogP contribution in [0.4, 0.5) is 0 Å². The van der Waals surface area contributed by atoms with Crippen LogP contribution in [-0.2, 0) is 16.6 Å². The summed E-state index contributed by atoms with van der Waals surface area (Å²) in [5, 5.41) is 18.0. The van der Waals surface area contributed by atoms with Gasteiger partial charge in [-0.2, -0.15) is 0 Å². The van der Waals surface area contributed by atoms with Crippen molar-refractivity contribution in [2.45, 2.75) is 32.1 Å². The Morgan fingerprint density at radius 3 is 2.50 bits per heavy atom. The Balaban J connectivity index is 2.96. The summed E-state index contributed by atoms with van der Waals surface area (Å²) >= 11 is 0. The second kappa shape index (κ2) is 5.12. The minimum Gasteiger partial charge on any atom is -0.481 e. The van der Waals surface area contributed by atoms with Gasteiger partial charge in [-0.25, -0.2) is 0 Å². The van der Waals surface area contributed by atoms with Crippen LogP contribution in [0.15, 0.2) is 24.3 Å². The number of aliphatic hydroxyl groups is 1. The van der Waals surface area contributed by atoms with Crippen LogP contribution in [0.25, 0.3) is 0 Å². The molecule has 0 aliphatic rings. The van der Waals surface area contributed by atoms with Crippen LogP contribution in [0.5, 0.6) is 0 Å². The highest BCUT2D eigenvalue weighted by Crippen LogP contribution is 2.26. The smallest absolute Gasteiger partial charge is 0.303 e. The number of hydrogen-bond donors (Lipinski definition) is 2. The minimum absolute atomic E-state index is 0.0527. The van der Waals surface area contributed by atoms with E-state index in [1.807, 2.05) is 38.1 Å². The first kappa shape index (κ1) is 12.7. The van der Waals surface area contributed by atoms with Crippen LogP contribution in [0.2, 0.25) is 0 Å². The molecule has 2 N–H and O–H groups in total. The summed E-state index contributed by atoms with van der Waals surface area (Å²) in [7, 11) is 0. The number of carboxylic acid groups (broad SMARTS) is 1. The van der Waals surface area contributed by atoms with Crippen LogP contribution in [0.1, 0.15) is 31.4 Å². The third-order valence-corrected chi connectivity index (χ3v) is 2.75. The lowest BCUT2D eigenvalue weighted by Crippen LogP contribution is -2.24. The quantitative estimate of drug-likeness (QED) is 0.800. The number of carboxylic acids is 1. The fourth-order valence-electron chi connectivity index (χ4n) is 1.73. The zero-order valence-electron chi connectivity index (χ0n) is 9.73. The monoisotopic (exact) mass is 222 g/mol. The van der Waals surface area contributed by atoms with E-state index in [9.17, 15) is 9.90 Å². The van der Waals surface area contributed by atoms with Crippen molar-refractivity contribution < 1.29 is 15.0 Å². The van der Waals surface area contributed by atoms with Gasteiger partial charge in [0.05, 0.1) is 6.61 Å². The normalized spacial score (nSPS) is 11.4. The van der Waals surface area contributed by atoms with E-state index < -0.39 is 5.97 Å². The standard InChI is InChI=1S/C13H18O3/c1-13(2,9-14)11-6-4-3-5-10(11)7-8-12(15)16/h3-6,14H,7-9H2,1-2H3,(H,15,16). The summed E-state index contributed by atoms with van der Waals surface area (Å²) in [6, 6.07) is 7.69. The first-order valence-corrected chi connectivity index (χ1v) is 5.38. The van der Waals surface area contributed by atoms with Crippen LogP contribution in [-0.4, -0.2) is 22.8 Å². The largest absolute Gasteiger partial charge is 0.481 e. The molecule has 0 spiro atoms. The Hall–Kier alpha value is -1.35. The molecule has 3 nitrogen and oxygen atoms in total. The lowest BCUT2D eigenvalue weighted by atomic mass is 9.81. The Labute approximate surface area is 95.7 Å². The van der Waals surface area contributed by atoms with Gasteiger partial charge in [0.1, 0.15) is 0 Å². The van der Waals surface area contributed by atoms with E-state index in [1.54, 1.807) is 0 Å². The van der Waals surface area contributed by atoms with Gasteiger partial charge in [-0.1, -0.05) is 38.1 Å². The molecule has 0 saturated heterocycles. The molecule has 88 valence electrons. The fraction of sp³-hybridized carbons (Fsp3) is 0.462. The molecule has 0 fully saturated rings. The minimum atomic E-state index is -0.795. The molecule has 1 aromatic rings. The van der Waals surface area contributed by atoms with Crippen molar-refractivity contribution in [2.24, 2.45) is 0 Å². The third-order valence-electron chi connectivity index (χ3n) is 2.75. The Bertz CT molecular complexity index is 369. The van der Waals surface area contributed by atoms with Gasteiger partial charge < -0.3 is 10.2 Å². The fourth-order valence-corrected chi connectivity index (χ4v) is 1.73. The van der Waals surface area contributed by atoms with Crippen LogP contribution >= 0.6 is 0 Å². The zero-order valence-corrected chi connectivity index (χ0v) is 9.73. The lowest BCUT2D eigenvalue weighted by Gasteiger charge is -2.25. The molecule has 3 heteroatoms. The molecule has 0 radical (unpaired) electrons. The molecule has 0 bridgehead atoms. The second-order valence-corrected chi connectivity index (χ2v) is 4.59. The van der Waals surface area contributed by atoms with Crippen LogP contribution < -0.4 is 0 Å². The van der Waals surface area contributed by atoms with Crippen molar-refractivity contribution in [1.82, 2.24) is 0 Å². The van der Waals surface area contributed by atoms with Crippen molar-refractivity contribution in [3.05, 3.63) is 35.4 Å². The predicted octanol–water partition coefficient (Wildman–Crippen LogP) is 1.97. The summed E-state index contributed by atoms with van der Waals surface area (Å²) in [5.41, 5.74) is 1.71. The average molecular weight is 222 g/mol. The van der Waals surface area contributed by atoms with Gasteiger partial charge in [0, 0.05) is 11.8 Å². The summed E-state index contributed by atoms with van der Waals surface area (Å²) < 4.78 is 0. The molecule has 0 aliphatic carbocycles. The number of aliphatic hydroxyl groups excluding tert-OH is 1. The lowest BCUT2D eigenvalue weighted by molar-refractivity contribution is -0.136. The highest BCUT2D eigenvalue weighted by Gasteiger charge is 2.22. The van der Waals surface area contributed by atoms with E-state index in [4.69, 9.17) is 5.11 Å². The molecular weight excluding hydrogens is 204 g/mol. The summed E-state index contributed by atoms with van der Waals surface area (Å²) in [5.74, 6) is -0.795. The summed E-state index contributed by atoms with van der Waals surface area (Å²) in [4.78, 5) is 10.6. The molecule has 0 unspecified atom stereocenters. The van der Waals surface area contributed by atoms with Gasteiger partial charge in [0.25, 0.3) is 0 Å².